The highest BCUT2D eigenvalue weighted by Crippen LogP contribution is 2.18. The molecule has 8 heteroatoms. The molecule has 2 fully saturated rings. The Morgan fingerprint density at radius 3 is 2.55 bits per heavy atom. The molecule has 0 bridgehead atoms. The number of pyridine rings is 1. The summed E-state index contributed by atoms with van der Waals surface area (Å²) in [6.45, 7) is 14.0. The van der Waals surface area contributed by atoms with Gasteiger partial charge in [0.25, 0.3) is 0 Å². The van der Waals surface area contributed by atoms with E-state index in [1.165, 1.54) is 37.8 Å². The second kappa shape index (κ2) is 14.1. The van der Waals surface area contributed by atoms with Crippen molar-refractivity contribution in [2.24, 2.45) is 4.99 Å². The van der Waals surface area contributed by atoms with E-state index in [0.717, 1.165) is 70.2 Å². The van der Waals surface area contributed by atoms with E-state index < -0.39 is 0 Å². The first kappa shape index (κ1) is 26.1. The van der Waals surface area contributed by atoms with Crippen LogP contribution in [0.5, 0.6) is 0 Å². The van der Waals surface area contributed by atoms with Crippen molar-refractivity contribution >= 4 is 35.8 Å². The zero-order valence-electron chi connectivity index (χ0n) is 19.6. The fourth-order valence-corrected chi connectivity index (χ4v) is 4.54. The molecule has 0 aliphatic carbocycles. The minimum Gasteiger partial charge on any atom is -0.355 e. The molecule has 0 spiro atoms. The van der Waals surface area contributed by atoms with Crippen molar-refractivity contribution in [2.75, 3.05) is 64.3 Å². The minimum atomic E-state index is 0. The largest absolute Gasteiger partial charge is 0.355 e. The third kappa shape index (κ3) is 8.05. The molecule has 2 saturated heterocycles. The predicted molar refractivity (Wildman–Crippen MR) is 142 cm³/mol. The molecule has 31 heavy (non-hydrogen) atoms. The molecule has 7 nitrogen and oxygen atoms in total. The van der Waals surface area contributed by atoms with Gasteiger partial charge in [0.05, 0.1) is 0 Å². The van der Waals surface area contributed by atoms with Crippen LogP contribution in [0, 0.1) is 0 Å². The van der Waals surface area contributed by atoms with E-state index in [2.05, 4.69) is 56.3 Å². The summed E-state index contributed by atoms with van der Waals surface area (Å²) < 4.78 is 0. The number of likely N-dealkylation sites (N-methyl/N-ethyl adjacent to an activating group) is 1. The summed E-state index contributed by atoms with van der Waals surface area (Å²) in [6.07, 6.45) is 7.31. The maximum absolute atomic E-state index is 4.70. The molecule has 2 N–H and O–H groups in total. The van der Waals surface area contributed by atoms with Crippen molar-refractivity contribution in [1.82, 2.24) is 25.4 Å². The SMILES string of the molecule is CCC1CCCCN1CCNC(=NC)NCc1ccc(N2CCN(CC)CC2)nc1.I. The number of likely N-dealkylation sites (tertiary alicyclic amines) is 1. The lowest BCUT2D eigenvalue weighted by molar-refractivity contribution is 0.147. The van der Waals surface area contributed by atoms with Gasteiger partial charge in [0.15, 0.2) is 5.96 Å². The lowest BCUT2D eigenvalue weighted by Crippen LogP contribution is -2.46. The third-order valence-corrected chi connectivity index (χ3v) is 6.55. The van der Waals surface area contributed by atoms with Crippen LogP contribution in [0.3, 0.4) is 0 Å². The fraction of sp³-hybridized carbons (Fsp3) is 0.739. The molecule has 1 unspecified atom stereocenters. The van der Waals surface area contributed by atoms with Crippen LogP contribution in [0.1, 0.15) is 45.1 Å². The summed E-state index contributed by atoms with van der Waals surface area (Å²) in [5.41, 5.74) is 1.18. The van der Waals surface area contributed by atoms with Crippen molar-refractivity contribution in [2.45, 2.75) is 52.1 Å². The molecule has 0 aromatic carbocycles. The Morgan fingerprint density at radius 1 is 1.10 bits per heavy atom. The number of nitrogens with zero attached hydrogens (tertiary/aromatic N) is 5. The number of nitrogens with one attached hydrogen (secondary N) is 2. The van der Waals surface area contributed by atoms with E-state index in [1.807, 2.05) is 13.2 Å². The zero-order chi connectivity index (χ0) is 21.2. The van der Waals surface area contributed by atoms with Crippen LogP contribution < -0.4 is 15.5 Å². The average molecular weight is 544 g/mol. The fourth-order valence-electron chi connectivity index (χ4n) is 4.54. The van der Waals surface area contributed by atoms with Gasteiger partial charge in [0.2, 0.25) is 0 Å². The molecule has 1 aromatic rings. The zero-order valence-corrected chi connectivity index (χ0v) is 22.0. The van der Waals surface area contributed by atoms with Crippen LogP contribution in [-0.2, 0) is 6.54 Å². The number of aromatic nitrogens is 1. The van der Waals surface area contributed by atoms with Crippen molar-refractivity contribution in [3.05, 3.63) is 23.9 Å². The molecular formula is C23H42IN7. The summed E-state index contributed by atoms with van der Waals surface area (Å²) in [6, 6.07) is 5.08. The van der Waals surface area contributed by atoms with Crippen LogP contribution in [-0.4, -0.2) is 86.2 Å². The van der Waals surface area contributed by atoms with Crippen LogP contribution in [0.4, 0.5) is 5.82 Å². The Labute approximate surface area is 206 Å². The molecule has 0 radical (unpaired) electrons. The number of piperazine rings is 1. The van der Waals surface area contributed by atoms with Gasteiger partial charge in [0, 0.05) is 65.1 Å². The van der Waals surface area contributed by atoms with Crippen LogP contribution in [0.25, 0.3) is 0 Å². The molecule has 0 amide bonds. The van der Waals surface area contributed by atoms with Gasteiger partial charge in [-0.25, -0.2) is 4.98 Å². The molecule has 3 heterocycles. The number of guanidine groups is 1. The first-order chi connectivity index (χ1) is 14.7. The Kier molecular flexibility index (Phi) is 11.9. The lowest BCUT2D eigenvalue weighted by atomic mass is 10.0. The Bertz CT molecular complexity index is 644. The van der Waals surface area contributed by atoms with Crippen molar-refractivity contribution < 1.29 is 0 Å². The molecule has 0 saturated carbocycles. The smallest absolute Gasteiger partial charge is 0.191 e. The van der Waals surface area contributed by atoms with E-state index in [9.17, 15) is 0 Å². The quantitative estimate of drug-likeness (QED) is 0.299. The Balaban J connectivity index is 0.00000341. The monoisotopic (exact) mass is 543 g/mol. The van der Waals surface area contributed by atoms with Gasteiger partial charge in [-0.3, -0.25) is 9.89 Å². The number of piperidine rings is 1. The number of anilines is 1. The Morgan fingerprint density at radius 2 is 1.90 bits per heavy atom. The van der Waals surface area contributed by atoms with Gasteiger partial charge in [-0.2, -0.15) is 0 Å². The van der Waals surface area contributed by atoms with Crippen LogP contribution >= 0.6 is 24.0 Å². The number of rotatable bonds is 8. The van der Waals surface area contributed by atoms with Gasteiger partial charge in [-0.1, -0.05) is 26.3 Å². The van der Waals surface area contributed by atoms with E-state index in [0.29, 0.717) is 0 Å². The van der Waals surface area contributed by atoms with E-state index in [1.54, 1.807) is 0 Å². The van der Waals surface area contributed by atoms with Gasteiger partial charge >= 0.3 is 0 Å². The van der Waals surface area contributed by atoms with Crippen molar-refractivity contribution in [1.29, 1.82) is 0 Å². The average Bonchev–Trinajstić information content (AvgIpc) is 2.82. The molecular weight excluding hydrogens is 501 g/mol. The summed E-state index contributed by atoms with van der Waals surface area (Å²) in [5.74, 6) is 1.95. The normalized spacial score (nSPS) is 20.9. The van der Waals surface area contributed by atoms with Gasteiger partial charge in [-0.05, 0) is 44.0 Å². The van der Waals surface area contributed by atoms with Gasteiger partial charge in [0.1, 0.15) is 5.82 Å². The van der Waals surface area contributed by atoms with Gasteiger partial charge in [-0.15, -0.1) is 24.0 Å². The standard InChI is InChI=1S/C23H41N7.HI/c1-4-21-8-6-7-12-29(21)13-11-25-23(24-3)27-19-20-9-10-22(26-18-20)30-16-14-28(5-2)15-17-30;/h9-10,18,21H,4-8,11-17,19H2,1-3H3,(H2,24,25,27);1H. The minimum absolute atomic E-state index is 0. The number of halogens is 1. The summed E-state index contributed by atoms with van der Waals surface area (Å²) >= 11 is 0. The molecule has 1 atom stereocenters. The second-order valence-corrected chi connectivity index (χ2v) is 8.39. The molecule has 2 aliphatic rings. The van der Waals surface area contributed by atoms with Crippen LogP contribution in [0.15, 0.2) is 23.3 Å². The van der Waals surface area contributed by atoms with Crippen molar-refractivity contribution in [3.8, 4) is 0 Å². The maximum Gasteiger partial charge on any atom is 0.191 e. The molecule has 2 aliphatic heterocycles. The molecule has 3 rings (SSSR count). The summed E-state index contributed by atoms with van der Waals surface area (Å²) in [7, 11) is 1.84. The molecule has 1 aromatic heterocycles. The highest BCUT2D eigenvalue weighted by molar-refractivity contribution is 14.0. The maximum atomic E-state index is 4.70. The number of hydrogen-bond acceptors (Lipinski definition) is 5. The highest BCUT2D eigenvalue weighted by atomic mass is 127. The first-order valence-corrected chi connectivity index (χ1v) is 11.8. The van der Waals surface area contributed by atoms with Crippen LogP contribution in [0.2, 0.25) is 0 Å². The Hall–Kier alpha value is -1.13. The summed E-state index contributed by atoms with van der Waals surface area (Å²) in [4.78, 5) is 16.6. The second-order valence-electron chi connectivity index (χ2n) is 8.39. The van der Waals surface area contributed by atoms with E-state index in [-0.39, 0.29) is 24.0 Å². The topological polar surface area (TPSA) is 59.0 Å². The van der Waals surface area contributed by atoms with E-state index >= 15 is 0 Å². The van der Waals surface area contributed by atoms with Gasteiger partial charge < -0.3 is 20.4 Å². The van der Waals surface area contributed by atoms with E-state index in [4.69, 9.17) is 4.98 Å². The summed E-state index contributed by atoms with van der Waals surface area (Å²) in [5, 5.41) is 6.89. The number of hydrogen-bond donors (Lipinski definition) is 2. The van der Waals surface area contributed by atoms with Crippen molar-refractivity contribution in [3.63, 3.8) is 0 Å². The highest BCUT2D eigenvalue weighted by Gasteiger charge is 2.20. The lowest BCUT2D eigenvalue weighted by Gasteiger charge is -2.35. The predicted octanol–water partition coefficient (Wildman–Crippen LogP) is 2.77. The molecule has 176 valence electrons. The third-order valence-electron chi connectivity index (χ3n) is 6.55. The first-order valence-electron chi connectivity index (χ1n) is 11.8. The number of aliphatic imine (C=N–C) groups is 1.